The number of carbonyl (C=O) groups is 2. The smallest absolute Gasteiger partial charge is 0.252 e. The monoisotopic (exact) mass is 411 g/mol. The summed E-state index contributed by atoms with van der Waals surface area (Å²) < 4.78 is 7.43. The number of nitrogens with one attached hydrogen (secondary N) is 1. The number of nitrogens with zero attached hydrogens (tertiary/aromatic N) is 3. The van der Waals surface area contributed by atoms with Gasteiger partial charge in [0.1, 0.15) is 17.6 Å². The maximum atomic E-state index is 13.2. The summed E-state index contributed by atoms with van der Waals surface area (Å²) in [7, 11) is 0. The summed E-state index contributed by atoms with van der Waals surface area (Å²) in [6.07, 6.45) is 2.35. The molecule has 0 radical (unpaired) electrons. The molecule has 0 aliphatic heterocycles. The Morgan fingerprint density at radius 1 is 1.23 bits per heavy atom. The fourth-order valence-electron chi connectivity index (χ4n) is 3.56. The molecule has 0 bridgehead atoms. The van der Waals surface area contributed by atoms with Crippen molar-refractivity contribution in [3.8, 4) is 11.3 Å². The zero-order valence-corrected chi connectivity index (χ0v) is 18.3. The van der Waals surface area contributed by atoms with Gasteiger partial charge in [-0.2, -0.15) is 5.10 Å². The van der Waals surface area contributed by atoms with Crippen molar-refractivity contribution in [1.82, 2.24) is 20.1 Å². The second-order valence-electron chi connectivity index (χ2n) is 8.04. The van der Waals surface area contributed by atoms with Crippen molar-refractivity contribution >= 4 is 22.8 Å². The van der Waals surface area contributed by atoms with Crippen LogP contribution in [0.4, 0.5) is 0 Å². The molecule has 3 N–H and O–H groups in total. The number of aryl methyl sites for hydroxylation is 2. The third-order valence-corrected chi connectivity index (χ3v) is 5.42. The molecule has 0 saturated heterocycles. The minimum Gasteiger partial charge on any atom is -0.466 e. The maximum Gasteiger partial charge on any atom is 0.252 e. The van der Waals surface area contributed by atoms with Crippen LogP contribution in [0.3, 0.4) is 0 Å². The molecule has 2 unspecified atom stereocenters. The van der Waals surface area contributed by atoms with Gasteiger partial charge < -0.3 is 15.5 Å². The van der Waals surface area contributed by atoms with Gasteiger partial charge >= 0.3 is 0 Å². The first kappa shape index (κ1) is 21.5. The molecule has 2 amide bonds. The average molecular weight is 412 g/mol. The van der Waals surface area contributed by atoms with Crippen LogP contribution in [0.1, 0.15) is 62.0 Å². The Kier molecular flexibility index (Phi) is 5.96. The minimum absolute atomic E-state index is 0.0619. The number of primary amides is 1. The molecule has 0 saturated carbocycles. The number of furan rings is 1. The van der Waals surface area contributed by atoms with Crippen LogP contribution in [0.25, 0.3) is 22.3 Å². The van der Waals surface area contributed by atoms with Gasteiger partial charge in [-0.1, -0.05) is 20.3 Å². The van der Waals surface area contributed by atoms with Gasteiger partial charge in [0, 0.05) is 11.6 Å². The van der Waals surface area contributed by atoms with E-state index in [-0.39, 0.29) is 17.9 Å². The van der Waals surface area contributed by atoms with E-state index in [1.54, 1.807) is 16.9 Å². The van der Waals surface area contributed by atoms with Crippen molar-refractivity contribution in [2.75, 3.05) is 0 Å². The van der Waals surface area contributed by atoms with Gasteiger partial charge in [-0.3, -0.25) is 9.59 Å². The molecule has 3 rings (SSSR count). The van der Waals surface area contributed by atoms with E-state index in [4.69, 9.17) is 15.1 Å². The summed E-state index contributed by atoms with van der Waals surface area (Å²) in [6, 6.07) is 2.92. The van der Waals surface area contributed by atoms with E-state index < -0.39 is 11.9 Å². The van der Waals surface area contributed by atoms with Gasteiger partial charge in [0.25, 0.3) is 5.91 Å². The number of nitrogens with two attached hydrogens (primary N) is 1. The van der Waals surface area contributed by atoms with Crippen LogP contribution < -0.4 is 11.1 Å². The quantitative estimate of drug-likeness (QED) is 0.617. The van der Waals surface area contributed by atoms with Crippen LogP contribution in [0.5, 0.6) is 0 Å². The van der Waals surface area contributed by atoms with E-state index in [1.165, 1.54) is 0 Å². The Labute approximate surface area is 175 Å². The first-order valence-electron chi connectivity index (χ1n) is 10.2. The first-order valence-corrected chi connectivity index (χ1v) is 10.2. The second kappa shape index (κ2) is 8.30. The van der Waals surface area contributed by atoms with E-state index in [9.17, 15) is 9.59 Å². The second-order valence-corrected chi connectivity index (χ2v) is 8.04. The van der Waals surface area contributed by atoms with E-state index in [0.29, 0.717) is 28.7 Å². The van der Waals surface area contributed by atoms with Crippen molar-refractivity contribution in [2.24, 2.45) is 11.7 Å². The highest BCUT2D eigenvalue weighted by Crippen LogP contribution is 2.30. The Bertz CT molecular complexity index is 1100. The highest BCUT2D eigenvalue weighted by atomic mass is 16.3. The van der Waals surface area contributed by atoms with Crippen LogP contribution in [-0.4, -0.2) is 32.6 Å². The minimum atomic E-state index is -0.757. The number of hydrogen-bond acceptors (Lipinski definition) is 5. The number of fused-ring (bicyclic) bond motifs is 1. The van der Waals surface area contributed by atoms with Gasteiger partial charge in [0.05, 0.1) is 22.8 Å². The number of aromatic nitrogens is 3. The van der Waals surface area contributed by atoms with Crippen molar-refractivity contribution in [2.45, 2.75) is 60.0 Å². The Balaban J connectivity index is 2.16. The summed E-state index contributed by atoms with van der Waals surface area (Å²) in [4.78, 5) is 29.9. The maximum absolute atomic E-state index is 13.2. The predicted molar refractivity (Wildman–Crippen MR) is 115 cm³/mol. The van der Waals surface area contributed by atoms with Gasteiger partial charge in [-0.25, -0.2) is 9.67 Å². The molecule has 160 valence electrons. The van der Waals surface area contributed by atoms with E-state index in [1.807, 2.05) is 47.6 Å². The fraction of sp³-hybridized carbons (Fsp3) is 0.455. The van der Waals surface area contributed by atoms with Crippen LogP contribution >= 0.6 is 0 Å². The Morgan fingerprint density at radius 3 is 2.47 bits per heavy atom. The summed E-state index contributed by atoms with van der Waals surface area (Å²) in [5, 5.41) is 7.86. The molecule has 0 aromatic carbocycles. The summed E-state index contributed by atoms with van der Waals surface area (Å²) in [5.74, 6) is 0.464. The van der Waals surface area contributed by atoms with E-state index in [0.717, 1.165) is 17.1 Å². The number of carbonyl (C=O) groups excluding carboxylic acids is 2. The van der Waals surface area contributed by atoms with Crippen LogP contribution in [0.15, 0.2) is 22.7 Å². The standard InChI is InChI=1S/C22H29N5O3/c1-7-12(4)19(20(23)28)26-22(29)16-9-18(15-8-13(5)30-14(15)6)25-21-17(16)10-24-27(21)11(2)3/h8-12,19H,7H2,1-6H3,(H2,23,28)(H,26,29). The van der Waals surface area contributed by atoms with Crippen molar-refractivity contribution < 1.29 is 14.0 Å². The van der Waals surface area contributed by atoms with Crippen molar-refractivity contribution in [3.05, 3.63) is 35.4 Å². The van der Waals surface area contributed by atoms with E-state index in [2.05, 4.69) is 10.4 Å². The molecule has 0 aliphatic carbocycles. The van der Waals surface area contributed by atoms with Crippen molar-refractivity contribution in [1.29, 1.82) is 0 Å². The lowest BCUT2D eigenvalue weighted by molar-refractivity contribution is -0.120. The highest BCUT2D eigenvalue weighted by Gasteiger charge is 2.26. The summed E-state index contributed by atoms with van der Waals surface area (Å²) in [5.41, 5.74) is 7.97. The first-order chi connectivity index (χ1) is 14.1. The molecule has 3 aromatic heterocycles. The number of amides is 2. The average Bonchev–Trinajstić information content (AvgIpc) is 3.26. The third-order valence-electron chi connectivity index (χ3n) is 5.42. The molecule has 8 nitrogen and oxygen atoms in total. The van der Waals surface area contributed by atoms with Crippen LogP contribution in [0, 0.1) is 19.8 Å². The van der Waals surface area contributed by atoms with Crippen LogP contribution in [0.2, 0.25) is 0 Å². The lowest BCUT2D eigenvalue weighted by Gasteiger charge is -2.21. The third kappa shape index (κ3) is 3.94. The molecule has 3 heterocycles. The lowest BCUT2D eigenvalue weighted by atomic mass is 9.98. The van der Waals surface area contributed by atoms with Crippen LogP contribution in [-0.2, 0) is 4.79 Å². The molecule has 0 aliphatic rings. The number of hydrogen-bond donors (Lipinski definition) is 2. The van der Waals surface area contributed by atoms with Gasteiger partial charge in [0.15, 0.2) is 5.65 Å². The topological polar surface area (TPSA) is 116 Å². The molecule has 2 atom stereocenters. The highest BCUT2D eigenvalue weighted by molar-refractivity contribution is 6.07. The Morgan fingerprint density at radius 2 is 1.93 bits per heavy atom. The number of pyridine rings is 1. The predicted octanol–water partition coefficient (Wildman–Crippen LogP) is 3.52. The zero-order valence-electron chi connectivity index (χ0n) is 18.3. The van der Waals surface area contributed by atoms with Crippen molar-refractivity contribution in [3.63, 3.8) is 0 Å². The molecule has 0 fully saturated rings. The largest absolute Gasteiger partial charge is 0.466 e. The molecule has 30 heavy (non-hydrogen) atoms. The fourth-order valence-corrected chi connectivity index (χ4v) is 3.56. The molecular weight excluding hydrogens is 382 g/mol. The number of rotatable bonds is 7. The lowest BCUT2D eigenvalue weighted by Crippen LogP contribution is -2.48. The van der Waals surface area contributed by atoms with Gasteiger partial charge in [-0.05, 0) is 45.7 Å². The van der Waals surface area contributed by atoms with E-state index >= 15 is 0 Å². The molecule has 0 spiro atoms. The molecular formula is C22H29N5O3. The zero-order chi connectivity index (χ0) is 22.2. The SMILES string of the molecule is CCC(C)C(NC(=O)c1cc(-c2cc(C)oc2C)nc2c1cnn2C(C)C)C(N)=O. The normalized spacial score (nSPS) is 13.6. The van der Waals surface area contributed by atoms with Gasteiger partial charge in [0.2, 0.25) is 5.91 Å². The summed E-state index contributed by atoms with van der Waals surface area (Å²) in [6.45, 7) is 11.6. The Hall–Kier alpha value is -3.16. The van der Waals surface area contributed by atoms with Gasteiger partial charge in [-0.15, -0.1) is 0 Å². The molecule has 8 heteroatoms. The summed E-state index contributed by atoms with van der Waals surface area (Å²) >= 11 is 0. The molecule has 3 aromatic rings.